The number of halogens is 2. The molecule has 0 radical (unpaired) electrons. The largest absolute Gasteiger partial charge is 0.489 e. The Morgan fingerprint density at radius 1 is 1.19 bits per heavy atom. The van der Waals surface area contributed by atoms with Gasteiger partial charge >= 0.3 is 0 Å². The van der Waals surface area contributed by atoms with Crippen LogP contribution in [0.25, 0.3) is 0 Å². The Labute approximate surface area is 129 Å². The first-order valence-corrected chi connectivity index (χ1v) is 7.33. The maximum Gasteiger partial charge on any atom is 0.129 e. The molecule has 4 heteroatoms. The van der Waals surface area contributed by atoms with Crippen molar-refractivity contribution in [1.29, 1.82) is 0 Å². The fourth-order valence-electron chi connectivity index (χ4n) is 1.96. The van der Waals surface area contributed by atoms with Gasteiger partial charge in [0.2, 0.25) is 0 Å². The Hall–Kier alpha value is -1.58. The van der Waals surface area contributed by atoms with Crippen LogP contribution >= 0.6 is 11.6 Å². The SMILES string of the molecule is CC(N)CCc1ccc(OCc2cc(Cl)ccc2F)cc1. The average Bonchev–Trinajstić information content (AvgIpc) is 2.47. The normalized spacial score (nSPS) is 12.2. The lowest BCUT2D eigenvalue weighted by Crippen LogP contribution is -2.15. The highest BCUT2D eigenvalue weighted by atomic mass is 35.5. The summed E-state index contributed by atoms with van der Waals surface area (Å²) in [6, 6.07) is 12.4. The van der Waals surface area contributed by atoms with Crippen LogP contribution < -0.4 is 10.5 Å². The summed E-state index contributed by atoms with van der Waals surface area (Å²) in [7, 11) is 0. The second-order valence-electron chi connectivity index (χ2n) is 5.18. The lowest BCUT2D eigenvalue weighted by Gasteiger charge is -2.09. The number of nitrogens with two attached hydrogens (primary N) is 1. The van der Waals surface area contributed by atoms with Crippen molar-refractivity contribution in [3.8, 4) is 5.75 Å². The first kappa shape index (κ1) is 15.8. The molecule has 0 bridgehead atoms. The van der Waals surface area contributed by atoms with Crippen LogP contribution in [0.4, 0.5) is 4.39 Å². The van der Waals surface area contributed by atoms with Gasteiger partial charge in [0, 0.05) is 16.6 Å². The van der Waals surface area contributed by atoms with Crippen LogP contribution in [0.2, 0.25) is 5.02 Å². The van der Waals surface area contributed by atoms with Crippen molar-refractivity contribution >= 4 is 11.6 Å². The number of benzene rings is 2. The van der Waals surface area contributed by atoms with Crippen LogP contribution in [0.3, 0.4) is 0 Å². The molecule has 0 amide bonds. The van der Waals surface area contributed by atoms with Gasteiger partial charge in [-0.1, -0.05) is 23.7 Å². The third-order valence-corrected chi connectivity index (χ3v) is 3.45. The number of hydrogen-bond donors (Lipinski definition) is 1. The van der Waals surface area contributed by atoms with Gasteiger partial charge in [0.15, 0.2) is 0 Å². The van der Waals surface area contributed by atoms with Crippen LogP contribution in [0.15, 0.2) is 42.5 Å². The highest BCUT2D eigenvalue weighted by molar-refractivity contribution is 6.30. The summed E-state index contributed by atoms with van der Waals surface area (Å²) in [5.74, 6) is 0.395. The van der Waals surface area contributed by atoms with E-state index in [1.54, 1.807) is 6.07 Å². The highest BCUT2D eigenvalue weighted by Crippen LogP contribution is 2.19. The molecule has 0 spiro atoms. The molecule has 0 aliphatic rings. The maximum atomic E-state index is 13.6. The smallest absolute Gasteiger partial charge is 0.129 e. The molecule has 2 nitrogen and oxygen atoms in total. The van der Waals surface area contributed by atoms with Crippen LogP contribution in [0.1, 0.15) is 24.5 Å². The molecular weight excluding hydrogens is 289 g/mol. The van der Waals surface area contributed by atoms with E-state index < -0.39 is 0 Å². The Kier molecular flexibility index (Phi) is 5.59. The molecule has 0 aliphatic carbocycles. The van der Waals surface area contributed by atoms with Crippen LogP contribution in [0.5, 0.6) is 5.75 Å². The van der Waals surface area contributed by atoms with E-state index in [-0.39, 0.29) is 18.5 Å². The molecule has 0 aliphatic heterocycles. The highest BCUT2D eigenvalue weighted by Gasteiger charge is 2.04. The molecule has 0 fully saturated rings. The first-order valence-electron chi connectivity index (χ1n) is 6.96. The minimum Gasteiger partial charge on any atom is -0.489 e. The molecule has 112 valence electrons. The average molecular weight is 308 g/mol. The zero-order chi connectivity index (χ0) is 15.2. The van der Waals surface area contributed by atoms with E-state index >= 15 is 0 Å². The number of aryl methyl sites for hydroxylation is 1. The molecule has 0 aromatic heterocycles. The van der Waals surface area contributed by atoms with Gasteiger partial charge in [-0.2, -0.15) is 0 Å². The minimum atomic E-state index is -0.312. The third-order valence-electron chi connectivity index (χ3n) is 3.21. The predicted molar refractivity (Wildman–Crippen MR) is 84.2 cm³/mol. The summed E-state index contributed by atoms with van der Waals surface area (Å²) in [6.45, 7) is 2.16. The summed E-state index contributed by atoms with van der Waals surface area (Å²) in [6.07, 6.45) is 1.90. The molecule has 0 saturated carbocycles. The van der Waals surface area contributed by atoms with Gasteiger partial charge in [-0.05, 0) is 55.7 Å². The fourth-order valence-corrected chi connectivity index (χ4v) is 2.16. The van der Waals surface area contributed by atoms with Gasteiger partial charge in [0.25, 0.3) is 0 Å². The van der Waals surface area contributed by atoms with E-state index in [1.165, 1.54) is 17.7 Å². The van der Waals surface area contributed by atoms with Crippen molar-refractivity contribution in [2.75, 3.05) is 0 Å². The molecular formula is C17H19ClFNO. The molecule has 1 unspecified atom stereocenters. The maximum absolute atomic E-state index is 13.6. The Balaban J connectivity index is 1.93. The van der Waals surface area contributed by atoms with Gasteiger partial charge in [0.05, 0.1) is 0 Å². The lowest BCUT2D eigenvalue weighted by molar-refractivity contribution is 0.300. The van der Waals surface area contributed by atoms with Crippen LogP contribution in [0, 0.1) is 5.82 Å². The lowest BCUT2D eigenvalue weighted by atomic mass is 10.1. The summed E-state index contributed by atoms with van der Waals surface area (Å²) in [5.41, 5.74) is 7.40. The summed E-state index contributed by atoms with van der Waals surface area (Å²) < 4.78 is 19.1. The Morgan fingerprint density at radius 3 is 2.57 bits per heavy atom. The topological polar surface area (TPSA) is 35.2 Å². The van der Waals surface area contributed by atoms with E-state index in [1.807, 2.05) is 31.2 Å². The van der Waals surface area contributed by atoms with Crippen molar-refractivity contribution in [3.05, 3.63) is 64.4 Å². The second kappa shape index (κ2) is 7.43. The summed E-state index contributed by atoms with van der Waals surface area (Å²) in [4.78, 5) is 0. The second-order valence-corrected chi connectivity index (χ2v) is 5.62. The summed E-state index contributed by atoms with van der Waals surface area (Å²) in [5, 5.41) is 0.501. The van der Waals surface area contributed by atoms with E-state index in [0.29, 0.717) is 16.3 Å². The molecule has 0 saturated heterocycles. The fraction of sp³-hybridized carbons (Fsp3) is 0.294. The molecule has 2 rings (SSSR count). The van der Waals surface area contributed by atoms with Gasteiger partial charge in [-0.15, -0.1) is 0 Å². The van der Waals surface area contributed by atoms with Crippen molar-refractivity contribution < 1.29 is 9.13 Å². The van der Waals surface area contributed by atoms with E-state index in [2.05, 4.69) is 0 Å². The number of hydrogen-bond acceptors (Lipinski definition) is 2. The van der Waals surface area contributed by atoms with Gasteiger partial charge in [-0.3, -0.25) is 0 Å². The quantitative estimate of drug-likeness (QED) is 0.861. The molecule has 21 heavy (non-hydrogen) atoms. The van der Waals surface area contributed by atoms with Crippen molar-refractivity contribution in [1.82, 2.24) is 0 Å². The standard InChI is InChI=1S/C17H19ClFNO/c1-12(20)2-3-13-4-7-16(8-5-13)21-11-14-10-15(18)6-9-17(14)19/h4-10,12H,2-3,11,20H2,1H3. The van der Waals surface area contributed by atoms with Crippen LogP contribution in [-0.4, -0.2) is 6.04 Å². The molecule has 0 heterocycles. The van der Waals surface area contributed by atoms with Gasteiger partial charge in [0.1, 0.15) is 18.2 Å². The van der Waals surface area contributed by atoms with Crippen molar-refractivity contribution in [2.45, 2.75) is 32.4 Å². The van der Waals surface area contributed by atoms with E-state index in [4.69, 9.17) is 22.1 Å². The first-order chi connectivity index (χ1) is 10.0. The zero-order valence-electron chi connectivity index (χ0n) is 12.0. The zero-order valence-corrected chi connectivity index (χ0v) is 12.7. The Bertz CT molecular complexity index is 584. The number of ether oxygens (including phenoxy) is 1. The minimum absolute atomic E-state index is 0.158. The molecule has 2 aromatic rings. The third kappa shape index (κ3) is 5.03. The van der Waals surface area contributed by atoms with Gasteiger partial charge < -0.3 is 10.5 Å². The van der Waals surface area contributed by atoms with Crippen molar-refractivity contribution in [2.24, 2.45) is 5.73 Å². The molecule has 2 N–H and O–H groups in total. The van der Waals surface area contributed by atoms with Crippen molar-refractivity contribution in [3.63, 3.8) is 0 Å². The monoisotopic (exact) mass is 307 g/mol. The Morgan fingerprint density at radius 2 is 1.90 bits per heavy atom. The number of rotatable bonds is 6. The molecule has 2 aromatic carbocycles. The van der Waals surface area contributed by atoms with E-state index in [9.17, 15) is 4.39 Å². The van der Waals surface area contributed by atoms with Crippen LogP contribution in [-0.2, 0) is 13.0 Å². The predicted octanol–water partition coefficient (Wildman–Crippen LogP) is 4.34. The van der Waals surface area contributed by atoms with Gasteiger partial charge in [-0.25, -0.2) is 4.39 Å². The molecule has 1 atom stereocenters. The summed E-state index contributed by atoms with van der Waals surface area (Å²) >= 11 is 5.85. The van der Waals surface area contributed by atoms with E-state index in [0.717, 1.165) is 12.8 Å².